The maximum Gasteiger partial charge on any atom is 0.118 e. The average molecular weight is 244 g/mol. The van der Waals surface area contributed by atoms with Crippen LogP contribution in [0.1, 0.15) is 31.2 Å². The highest BCUT2D eigenvalue weighted by Crippen LogP contribution is 2.45. The summed E-state index contributed by atoms with van der Waals surface area (Å²) < 4.78 is 5.18. The number of benzene rings is 1. The molecule has 1 aliphatic heterocycles. The molecule has 0 spiro atoms. The number of hydrogen-bond acceptors (Lipinski definition) is 3. The van der Waals surface area contributed by atoms with Crippen LogP contribution >= 0.6 is 0 Å². The fraction of sp³-hybridized carbons (Fsp3) is 0.600. The Hall–Kier alpha value is -1.38. The van der Waals surface area contributed by atoms with E-state index in [2.05, 4.69) is 22.4 Å². The molecule has 1 fully saturated rings. The highest BCUT2D eigenvalue weighted by molar-refractivity contribution is 5.27. The lowest BCUT2D eigenvalue weighted by Gasteiger charge is -2.24. The number of hydrogen-bond donors (Lipinski definition) is 0. The fourth-order valence-corrected chi connectivity index (χ4v) is 3.33. The second kappa shape index (κ2) is 4.71. The van der Waals surface area contributed by atoms with E-state index in [0.717, 1.165) is 31.1 Å². The van der Waals surface area contributed by atoms with Crippen molar-refractivity contribution in [2.75, 3.05) is 13.7 Å². The average Bonchev–Trinajstić information content (AvgIpc) is 2.96. The van der Waals surface area contributed by atoms with Crippen LogP contribution in [0.25, 0.3) is 0 Å². The van der Waals surface area contributed by atoms with Crippen molar-refractivity contribution in [1.82, 2.24) is 0 Å². The third-order valence-electron chi connectivity index (χ3n) is 4.50. The molecule has 18 heavy (non-hydrogen) atoms. The van der Waals surface area contributed by atoms with Gasteiger partial charge in [-0.05, 0) is 43.4 Å². The summed E-state index contributed by atoms with van der Waals surface area (Å²) in [6, 6.07) is 8.39. The largest absolute Gasteiger partial charge is 0.497 e. The normalized spacial score (nSPS) is 29.5. The van der Waals surface area contributed by atoms with E-state index in [4.69, 9.17) is 4.74 Å². The molecule has 96 valence electrons. The minimum absolute atomic E-state index is 0.180. The molecule has 0 N–H and O–H groups in total. The minimum atomic E-state index is 0.180. The second-order valence-electron chi connectivity index (χ2n) is 5.46. The molecule has 1 aromatic carbocycles. The Balaban J connectivity index is 1.65. The van der Waals surface area contributed by atoms with Crippen LogP contribution in [0.5, 0.6) is 5.75 Å². The maximum atomic E-state index is 5.18. The van der Waals surface area contributed by atoms with Crippen LogP contribution in [0.3, 0.4) is 0 Å². The molecule has 1 aliphatic carbocycles. The Morgan fingerprint density at radius 1 is 1.33 bits per heavy atom. The molecule has 3 nitrogen and oxygen atoms in total. The summed E-state index contributed by atoms with van der Waals surface area (Å²) in [6.07, 6.45) is 6.12. The molecule has 1 saturated carbocycles. The Labute approximate surface area is 108 Å². The summed E-state index contributed by atoms with van der Waals surface area (Å²) in [5, 5.41) is 8.86. The van der Waals surface area contributed by atoms with Gasteiger partial charge in [0.05, 0.1) is 19.2 Å². The Morgan fingerprint density at radius 3 is 2.94 bits per heavy atom. The third kappa shape index (κ3) is 2.02. The van der Waals surface area contributed by atoms with Crippen molar-refractivity contribution < 1.29 is 4.74 Å². The predicted octanol–water partition coefficient (Wildman–Crippen LogP) is 3.63. The van der Waals surface area contributed by atoms with E-state index in [-0.39, 0.29) is 5.54 Å². The third-order valence-corrected chi connectivity index (χ3v) is 4.50. The molecule has 0 unspecified atom stereocenters. The molecule has 3 heteroatoms. The molecule has 0 aromatic heterocycles. The van der Waals surface area contributed by atoms with Crippen LogP contribution in [-0.4, -0.2) is 19.2 Å². The number of nitrogens with zero attached hydrogens (tertiary/aromatic N) is 2. The quantitative estimate of drug-likeness (QED) is 0.796. The second-order valence-corrected chi connectivity index (χ2v) is 5.46. The Bertz CT molecular complexity index is 440. The Morgan fingerprint density at radius 2 is 2.17 bits per heavy atom. The summed E-state index contributed by atoms with van der Waals surface area (Å²) in [7, 11) is 1.70. The van der Waals surface area contributed by atoms with Gasteiger partial charge in [0.1, 0.15) is 5.75 Å². The lowest BCUT2D eigenvalue weighted by Crippen LogP contribution is -2.29. The molecule has 0 amide bonds. The Kier molecular flexibility index (Phi) is 3.06. The van der Waals surface area contributed by atoms with Gasteiger partial charge in [-0.1, -0.05) is 18.6 Å². The molecule has 1 aromatic rings. The first-order valence-corrected chi connectivity index (χ1v) is 6.84. The van der Waals surface area contributed by atoms with Gasteiger partial charge >= 0.3 is 0 Å². The van der Waals surface area contributed by atoms with Crippen molar-refractivity contribution >= 4 is 0 Å². The van der Waals surface area contributed by atoms with Crippen LogP contribution in [0.15, 0.2) is 34.5 Å². The van der Waals surface area contributed by atoms with Gasteiger partial charge in [0.2, 0.25) is 0 Å². The molecule has 0 saturated heterocycles. The maximum absolute atomic E-state index is 5.18. The van der Waals surface area contributed by atoms with Crippen LogP contribution in [0.2, 0.25) is 0 Å². The number of rotatable bonds is 4. The molecule has 1 heterocycles. The van der Waals surface area contributed by atoms with Gasteiger partial charge in [-0.15, -0.1) is 0 Å². The number of ether oxygens (including phenoxy) is 1. The summed E-state index contributed by atoms with van der Waals surface area (Å²) in [4.78, 5) is 0. The van der Waals surface area contributed by atoms with Crippen molar-refractivity contribution in [3.05, 3.63) is 29.8 Å². The van der Waals surface area contributed by atoms with Crippen molar-refractivity contribution in [3.63, 3.8) is 0 Å². The van der Waals surface area contributed by atoms with Crippen molar-refractivity contribution in [2.45, 2.75) is 37.6 Å². The molecule has 0 bridgehead atoms. The van der Waals surface area contributed by atoms with E-state index in [9.17, 15) is 0 Å². The molecule has 2 atom stereocenters. The number of aryl methyl sites for hydroxylation is 1. The summed E-state index contributed by atoms with van der Waals surface area (Å²) in [6.45, 7) is 0.961. The standard InChI is InChI=1S/C15H20N2O/c1-18-14-6-4-12(5-7-14)8-10-15-9-2-3-13(15)11-16-17-15/h4-7,13H,2-3,8-11H2,1H3/t13-,15+/m1/s1. The van der Waals surface area contributed by atoms with Gasteiger partial charge in [-0.3, -0.25) is 0 Å². The van der Waals surface area contributed by atoms with E-state index in [0.29, 0.717) is 0 Å². The lowest BCUT2D eigenvalue weighted by molar-refractivity contribution is 0.340. The van der Waals surface area contributed by atoms with E-state index in [1.54, 1.807) is 7.11 Å². The molecule has 0 radical (unpaired) electrons. The van der Waals surface area contributed by atoms with Crippen molar-refractivity contribution in [1.29, 1.82) is 0 Å². The smallest absolute Gasteiger partial charge is 0.118 e. The van der Waals surface area contributed by atoms with E-state index >= 15 is 0 Å². The summed E-state index contributed by atoms with van der Waals surface area (Å²) in [5.74, 6) is 1.65. The van der Waals surface area contributed by atoms with Gasteiger partial charge in [-0.2, -0.15) is 10.2 Å². The lowest BCUT2D eigenvalue weighted by atomic mass is 9.83. The van der Waals surface area contributed by atoms with Gasteiger partial charge in [0.15, 0.2) is 0 Å². The van der Waals surface area contributed by atoms with Crippen LogP contribution in [0, 0.1) is 5.92 Å². The highest BCUT2D eigenvalue weighted by atomic mass is 16.5. The van der Waals surface area contributed by atoms with Crippen LogP contribution < -0.4 is 4.74 Å². The molecular weight excluding hydrogens is 224 g/mol. The fourth-order valence-electron chi connectivity index (χ4n) is 3.33. The highest BCUT2D eigenvalue weighted by Gasteiger charge is 2.45. The minimum Gasteiger partial charge on any atom is -0.497 e. The first kappa shape index (κ1) is 11.7. The molecular formula is C15H20N2O. The van der Waals surface area contributed by atoms with Gasteiger partial charge < -0.3 is 4.74 Å². The van der Waals surface area contributed by atoms with Gasteiger partial charge in [0, 0.05) is 5.92 Å². The van der Waals surface area contributed by atoms with E-state index in [1.807, 2.05) is 12.1 Å². The monoisotopic (exact) mass is 244 g/mol. The number of methoxy groups -OCH3 is 1. The van der Waals surface area contributed by atoms with Crippen LogP contribution in [0.4, 0.5) is 0 Å². The zero-order chi connectivity index (χ0) is 12.4. The van der Waals surface area contributed by atoms with Crippen molar-refractivity contribution in [2.24, 2.45) is 16.1 Å². The molecule has 3 rings (SSSR count). The first-order valence-electron chi connectivity index (χ1n) is 6.84. The topological polar surface area (TPSA) is 34.0 Å². The zero-order valence-corrected chi connectivity index (χ0v) is 10.9. The van der Waals surface area contributed by atoms with Crippen molar-refractivity contribution in [3.8, 4) is 5.75 Å². The first-order chi connectivity index (χ1) is 8.82. The number of azo groups is 1. The van der Waals surface area contributed by atoms with Crippen LogP contribution in [-0.2, 0) is 6.42 Å². The number of fused-ring (bicyclic) bond motifs is 1. The van der Waals surface area contributed by atoms with Gasteiger partial charge in [-0.25, -0.2) is 0 Å². The summed E-state index contributed by atoms with van der Waals surface area (Å²) >= 11 is 0. The van der Waals surface area contributed by atoms with E-state index < -0.39 is 0 Å². The van der Waals surface area contributed by atoms with E-state index in [1.165, 1.54) is 24.8 Å². The summed E-state index contributed by atoms with van der Waals surface area (Å²) in [5.41, 5.74) is 1.55. The van der Waals surface area contributed by atoms with Gasteiger partial charge in [0.25, 0.3) is 0 Å². The predicted molar refractivity (Wildman–Crippen MR) is 71.1 cm³/mol. The molecule has 2 aliphatic rings. The zero-order valence-electron chi connectivity index (χ0n) is 10.9. The SMILES string of the molecule is COc1ccc(CC[C@@]23CCC[C@@H]2CN=N3)cc1.